The summed E-state index contributed by atoms with van der Waals surface area (Å²) >= 11 is 0. The van der Waals surface area contributed by atoms with Crippen molar-refractivity contribution in [2.45, 2.75) is 39.6 Å². The molecular formula is C19H31F3IN3O2. The SMILES string of the molecule is CCNC(=NCC(O)COCC(C)C)N(C)Cc1ccc(C(F)(F)F)cc1.I. The molecule has 28 heavy (non-hydrogen) atoms. The highest BCUT2D eigenvalue weighted by Crippen LogP contribution is 2.29. The van der Waals surface area contributed by atoms with Gasteiger partial charge in [-0.3, -0.25) is 4.99 Å². The minimum absolute atomic E-state index is 0. The van der Waals surface area contributed by atoms with Crippen molar-refractivity contribution in [1.29, 1.82) is 0 Å². The molecule has 0 aliphatic carbocycles. The predicted octanol–water partition coefficient (Wildman–Crippen LogP) is 3.75. The van der Waals surface area contributed by atoms with Crippen LogP contribution in [0.2, 0.25) is 0 Å². The van der Waals surface area contributed by atoms with Gasteiger partial charge in [-0.2, -0.15) is 13.2 Å². The van der Waals surface area contributed by atoms with Crippen molar-refractivity contribution in [2.24, 2.45) is 10.9 Å². The fourth-order valence-corrected chi connectivity index (χ4v) is 2.30. The molecule has 0 saturated heterocycles. The zero-order valence-corrected chi connectivity index (χ0v) is 19.1. The number of guanidine groups is 1. The van der Waals surface area contributed by atoms with Crippen LogP contribution in [0.3, 0.4) is 0 Å². The molecule has 0 fully saturated rings. The van der Waals surface area contributed by atoms with Gasteiger partial charge in [-0.1, -0.05) is 26.0 Å². The molecule has 1 unspecified atom stereocenters. The highest BCUT2D eigenvalue weighted by molar-refractivity contribution is 14.0. The third-order valence-electron chi connectivity index (χ3n) is 3.61. The predicted molar refractivity (Wildman–Crippen MR) is 116 cm³/mol. The first kappa shape index (κ1) is 26.9. The summed E-state index contributed by atoms with van der Waals surface area (Å²) in [6, 6.07) is 5.06. The van der Waals surface area contributed by atoms with Gasteiger partial charge in [0.15, 0.2) is 5.96 Å². The van der Waals surface area contributed by atoms with Crippen LogP contribution < -0.4 is 5.32 Å². The van der Waals surface area contributed by atoms with Gasteiger partial charge in [0.2, 0.25) is 0 Å². The fourth-order valence-electron chi connectivity index (χ4n) is 2.30. The summed E-state index contributed by atoms with van der Waals surface area (Å²) in [5.41, 5.74) is 0.0657. The second-order valence-electron chi connectivity index (χ2n) is 6.83. The van der Waals surface area contributed by atoms with Crippen LogP contribution in [0.4, 0.5) is 13.2 Å². The number of nitrogens with one attached hydrogen (secondary N) is 1. The van der Waals surface area contributed by atoms with E-state index in [1.165, 1.54) is 12.1 Å². The first-order chi connectivity index (χ1) is 12.6. The standard InChI is InChI=1S/C19H30F3N3O2.HI/c1-5-23-18(24-10-17(26)13-27-12-14(2)3)25(4)11-15-6-8-16(9-7-15)19(20,21)22;/h6-9,14,17,26H,5,10-13H2,1-4H3,(H,23,24);1H. The van der Waals surface area contributed by atoms with Gasteiger partial charge < -0.3 is 20.1 Å². The maximum atomic E-state index is 12.6. The first-order valence-corrected chi connectivity index (χ1v) is 9.04. The van der Waals surface area contributed by atoms with E-state index in [9.17, 15) is 18.3 Å². The van der Waals surface area contributed by atoms with Gasteiger partial charge >= 0.3 is 6.18 Å². The number of halogens is 4. The van der Waals surface area contributed by atoms with Gasteiger partial charge in [-0.15, -0.1) is 24.0 Å². The van der Waals surface area contributed by atoms with Crippen LogP contribution in [-0.4, -0.2) is 55.4 Å². The van der Waals surface area contributed by atoms with E-state index in [1.807, 2.05) is 20.8 Å². The summed E-state index contributed by atoms with van der Waals surface area (Å²) in [6.07, 6.45) is -5.05. The Kier molecular flexibility index (Phi) is 12.7. The Labute approximate surface area is 182 Å². The van der Waals surface area contributed by atoms with Gasteiger partial charge in [0, 0.05) is 26.7 Å². The Hall–Kier alpha value is -1.07. The Balaban J connectivity index is 0.00000729. The van der Waals surface area contributed by atoms with E-state index in [2.05, 4.69) is 10.3 Å². The van der Waals surface area contributed by atoms with Gasteiger partial charge in [-0.05, 0) is 30.5 Å². The number of rotatable bonds is 9. The minimum atomic E-state index is -4.34. The molecule has 0 saturated carbocycles. The summed E-state index contributed by atoms with van der Waals surface area (Å²) in [5.74, 6) is 0.966. The van der Waals surface area contributed by atoms with Crippen molar-refractivity contribution in [1.82, 2.24) is 10.2 Å². The Morgan fingerprint density at radius 3 is 2.32 bits per heavy atom. The number of benzene rings is 1. The lowest BCUT2D eigenvalue weighted by Crippen LogP contribution is -2.39. The number of hydrogen-bond acceptors (Lipinski definition) is 3. The maximum Gasteiger partial charge on any atom is 0.416 e. The Bertz CT molecular complexity index is 581. The molecule has 0 heterocycles. The number of hydrogen-bond donors (Lipinski definition) is 2. The summed E-state index contributed by atoms with van der Waals surface area (Å²) in [4.78, 5) is 6.18. The van der Waals surface area contributed by atoms with Crippen LogP contribution in [0, 0.1) is 5.92 Å². The average molecular weight is 517 g/mol. The minimum Gasteiger partial charge on any atom is -0.389 e. The highest BCUT2D eigenvalue weighted by atomic mass is 127. The lowest BCUT2D eigenvalue weighted by atomic mass is 10.1. The normalized spacial score (nSPS) is 13.2. The molecule has 0 amide bonds. The second kappa shape index (κ2) is 13.2. The molecule has 1 aromatic rings. The third-order valence-corrected chi connectivity index (χ3v) is 3.61. The van der Waals surface area contributed by atoms with Crippen molar-refractivity contribution in [3.8, 4) is 0 Å². The quantitative estimate of drug-likeness (QED) is 0.298. The van der Waals surface area contributed by atoms with Crippen LogP contribution >= 0.6 is 24.0 Å². The highest BCUT2D eigenvalue weighted by Gasteiger charge is 2.29. The third kappa shape index (κ3) is 10.5. The molecule has 0 aliphatic rings. The lowest BCUT2D eigenvalue weighted by molar-refractivity contribution is -0.137. The van der Waals surface area contributed by atoms with E-state index in [1.54, 1.807) is 11.9 Å². The van der Waals surface area contributed by atoms with Crippen molar-refractivity contribution < 1.29 is 23.0 Å². The van der Waals surface area contributed by atoms with E-state index in [4.69, 9.17) is 4.74 Å². The van der Waals surface area contributed by atoms with Crippen LogP contribution in [0.5, 0.6) is 0 Å². The molecule has 9 heteroatoms. The van der Waals surface area contributed by atoms with Crippen LogP contribution in [-0.2, 0) is 17.5 Å². The summed E-state index contributed by atoms with van der Waals surface area (Å²) in [7, 11) is 1.79. The lowest BCUT2D eigenvalue weighted by Gasteiger charge is -2.23. The van der Waals surface area contributed by atoms with Gasteiger partial charge in [0.25, 0.3) is 0 Å². The van der Waals surface area contributed by atoms with Crippen molar-refractivity contribution in [3.63, 3.8) is 0 Å². The molecule has 1 aromatic carbocycles. The Morgan fingerprint density at radius 1 is 1.21 bits per heavy atom. The molecule has 0 aliphatic heterocycles. The smallest absolute Gasteiger partial charge is 0.389 e. The monoisotopic (exact) mass is 517 g/mol. The molecule has 162 valence electrons. The van der Waals surface area contributed by atoms with Gasteiger partial charge in [0.05, 0.1) is 24.8 Å². The van der Waals surface area contributed by atoms with E-state index < -0.39 is 17.8 Å². The maximum absolute atomic E-state index is 12.6. The number of aliphatic hydroxyl groups excluding tert-OH is 1. The van der Waals surface area contributed by atoms with Crippen molar-refractivity contribution in [3.05, 3.63) is 35.4 Å². The summed E-state index contributed by atoms with van der Waals surface area (Å²) < 4.78 is 43.3. The zero-order chi connectivity index (χ0) is 20.4. The number of nitrogens with zero attached hydrogens (tertiary/aromatic N) is 2. The van der Waals surface area contributed by atoms with E-state index in [0.717, 1.165) is 17.7 Å². The van der Waals surface area contributed by atoms with Crippen LogP contribution in [0.15, 0.2) is 29.3 Å². The number of ether oxygens (including phenoxy) is 1. The molecule has 0 bridgehead atoms. The van der Waals surface area contributed by atoms with Gasteiger partial charge in [-0.25, -0.2) is 0 Å². The average Bonchev–Trinajstić information content (AvgIpc) is 2.57. The van der Waals surface area contributed by atoms with Gasteiger partial charge in [0.1, 0.15) is 0 Å². The van der Waals surface area contributed by atoms with Crippen molar-refractivity contribution in [2.75, 3.05) is 33.4 Å². The van der Waals surface area contributed by atoms with Crippen LogP contribution in [0.1, 0.15) is 31.9 Å². The fraction of sp³-hybridized carbons (Fsp3) is 0.632. The topological polar surface area (TPSA) is 57.1 Å². The molecule has 1 atom stereocenters. The molecule has 0 radical (unpaired) electrons. The first-order valence-electron chi connectivity index (χ1n) is 9.04. The molecule has 5 nitrogen and oxygen atoms in total. The molecular weight excluding hydrogens is 486 g/mol. The molecule has 0 spiro atoms. The summed E-state index contributed by atoms with van der Waals surface area (Å²) in [6.45, 7) is 7.98. The Morgan fingerprint density at radius 2 is 1.82 bits per heavy atom. The van der Waals surface area contributed by atoms with Crippen molar-refractivity contribution >= 4 is 29.9 Å². The van der Waals surface area contributed by atoms with E-state index in [0.29, 0.717) is 31.6 Å². The van der Waals surface area contributed by atoms with E-state index in [-0.39, 0.29) is 37.1 Å². The molecule has 0 aromatic heterocycles. The number of alkyl halides is 3. The molecule has 1 rings (SSSR count). The second-order valence-corrected chi connectivity index (χ2v) is 6.83. The van der Waals surface area contributed by atoms with E-state index >= 15 is 0 Å². The number of aliphatic imine (C=N–C) groups is 1. The summed E-state index contributed by atoms with van der Waals surface area (Å²) in [5, 5.41) is 13.1. The molecule has 2 N–H and O–H groups in total. The zero-order valence-electron chi connectivity index (χ0n) is 16.8. The largest absolute Gasteiger partial charge is 0.416 e. The number of aliphatic hydroxyl groups is 1. The van der Waals surface area contributed by atoms with Crippen LogP contribution in [0.25, 0.3) is 0 Å².